The van der Waals surface area contributed by atoms with Crippen LogP contribution in [0.1, 0.15) is 0 Å². The van der Waals surface area contributed by atoms with E-state index >= 15 is 0 Å². The summed E-state index contributed by atoms with van der Waals surface area (Å²) in [5.41, 5.74) is 3.71. The van der Waals surface area contributed by atoms with Gasteiger partial charge in [0.2, 0.25) is 0 Å². The van der Waals surface area contributed by atoms with Gasteiger partial charge in [0.15, 0.2) is 5.82 Å². The van der Waals surface area contributed by atoms with Crippen molar-refractivity contribution in [3.05, 3.63) is 54.9 Å². The first kappa shape index (κ1) is 10.9. The fourth-order valence-electron chi connectivity index (χ4n) is 2.18. The van der Waals surface area contributed by atoms with Gasteiger partial charge in [-0.05, 0) is 24.3 Å². The molecule has 0 atom stereocenters. The molecule has 4 rings (SSSR count). The summed E-state index contributed by atoms with van der Waals surface area (Å²) in [6, 6.07) is 15.8. The van der Waals surface area contributed by atoms with Gasteiger partial charge in [-0.3, -0.25) is 5.10 Å². The Labute approximate surface area is 114 Å². The van der Waals surface area contributed by atoms with Crippen LogP contribution >= 0.6 is 0 Å². The lowest BCUT2D eigenvalue weighted by Crippen LogP contribution is -1.97. The zero-order valence-corrected chi connectivity index (χ0v) is 10.4. The maximum Gasteiger partial charge on any atom is 0.180 e. The fraction of sp³-hybridized carbons (Fsp3) is 0. The van der Waals surface area contributed by atoms with Crippen molar-refractivity contribution in [2.75, 3.05) is 0 Å². The molecule has 1 N–H and O–H groups in total. The number of nitrogens with zero attached hydrogens (tertiary/aromatic N) is 5. The highest BCUT2D eigenvalue weighted by Crippen LogP contribution is 2.20. The van der Waals surface area contributed by atoms with E-state index in [0.29, 0.717) is 5.82 Å². The van der Waals surface area contributed by atoms with E-state index in [1.54, 1.807) is 6.33 Å². The number of aromatic amines is 1. The number of aromatic nitrogens is 6. The number of fused-ring (bicyclic) bond motifs is 1. The average Bonchev–Trinajstić information content (AvgIpc) is 3.17. The minimum absolute atomic E-state index is 0.663. The van der Waals surface area contributed by atoms with E-state index in [2.05, 4.69) is 25.5 Å². The van der Waals surface area contributed by atoms with Crippen LogP contribution in [0.4, 0.5) is 0 Å². The van der Waals surface area contributed by atoms with Crippen LogP contribution in [0, 0.1) is 0 Å². The van der Waals surface area contributed by atoms with E-state index < -0.39 is 0 Å². The highest BCUT2D eigenvalue weighted by atomic mass is 15.4. The third-order valence-corrected chi connectivity index (χ3v) is 3.12. The molecular weight excluding hydrogens is 252 g/mol. The molecule has 0 aliphatic rings. The Morgan fingerprint density at radius 1 is 1.00 bits per heavy atom. The van der Waals surface area contributed by atoms with Crippen molar-refractivity contribution in [3.63, 3.8) is 0 Å². The largest absolute Gasteiger partial charge is 0.265 e. The molecule has 0 spiro atoms. The van der Waals surface area contributed by atoms with Crippen LogP contribution in [0.3, 0.4) is 0 Å². The van der Waals surface area contributed by atoms with Crippen LogP contribution in [-0.4, -0.2) is 30.2 Å². The molecule has 6 heteroatoms. The van der Waals surface area contributed by atoms with Crippen molar-refractivity contribution in [1.29, 1.82) is 0 Å². The normalized spacial score (nSPS) is 11.0. The lowest BCUT2D eigenvalue weighted by atomic mass is 10.2. The number of nitrogens with one attached hydrogen (secondary N) is 1. The van der Waals surface area contributed by atoms with Gasteiger partial charge in [-0.25, -0.2) is 9.67 Å². The van der Waals surface area contributed by atoms with Gasteiger partial charge in [0.05, 0.1) is 11.2 Å². The van der Waals surface area contributed by atoms with Crippen molar-refractivity contribution >= 4 is 11.0 Å². The molecule has 0 aliphatic heterocycles. The summed E-state index contributed by atoms with van der Waals surface area (Å²) in [6.45, 7) is 0. The van der Waals surface area contributed by atoms with Gasteiger partial charge >= 0.3 is 0 Å². The molecule has 4 aromatic rings. The molecule has 6 nitrogen and oxygen atoms in total. The first-order valence-corrected chi connectivity index (χ1v) is 6.19. The van der Waals surface area contributed by atoms with E-state index in [4.69, 9.17) is 0 Å². The first-order valence-electron chi connectivity index (χ1n) is 6.19. The van der Waals surface area contributed by atoms with Gasteiger partial charge in [0.25, 0.3) is 0 Å². The molecule has 0 fully saturated rings. The predicted molar refractivity (Wildman–Crippen MR) is 74.2 cm³/mol. The van der Waals surface area contributed by atoms with Crippen molar-refractivity contribution in [2.24, 2.45) is 0 Å². The second-order valence-electron chi connectivity index (χ2n) is 4.36. The molecular formula is C14H10N6. The van der Waals surface area contributed by atoms with Crippen LogP contribution in [0.25, 0.3) is 28.1 Å². The maximum atomic E-state index is 4.21. The molecule has 96 valence electrons. The van der Waals surface area contributed by atoms with Crippen molar-refractivity contribution in [2.45, 2.75) is 0 Å². The average molecular weight is 262 g/mol. The summed E-state index contributed by atoms with van der Waals surface area (Å²) >= 11 is 0. The molecule has 0 bridgehead atoms. The van der Waals surface area contributed by atoms with E-state index in [0.717, 1.165) is 22.3 Å². The van der Waals surface area contributed by atoms with Crippen LogP contribution in [0.2, 0.25) is 0 Å². The maximum absolute atomic E-state index is 4.21. The highest BCUT2D eigenvalue weighted by Gasteiger charge is 2.08. The van der Waals surface area contributed by atoms with Gasteiger partial charge in [0, 0.05) is 5.56 Å². The Kier molecular flexibility index (Phi) is 2.32. The second-order valence-corrected chi connectivity index (χ2v) is 4.36. The highest BCUT2D eigenvalue weighted by molar-refractivity contribution is 5.76. The third-order valence-electron chi connectivity index (χ3n) is 3.12. The second kappa shape index (κ2) is 4.27. The minimum atomic E-state index is 0.663. The zero-order valence-electron chi connectivity index (χ0n) is 10.4. The van der Waals surface area contributed by atoms with Gasteiger partial charge in [-0.1, -0.05) is 29.5 Å². The van der Waals surface area contributed by atoms with Gasteiger partial charge in [-0.15, -0.1) is 5.10 Å². The lowest BCUT2D eigenvalue weighted by molar-refractivity contribution is 0.824. The van der Waals surface area contributed by atoms with E-state index in [1.807, 2.05) is 53.2 Å². The molecule has 2 aromatic heterocycles. The van der Waals surface area contributed by atoms with E-state index in [9.17, 15) is 0 Å². The molecule has 0 radical (unpaired) electrons. The monoisotopic (exact) mass is 262 g/mol. The Bertz CT molecular complexity index is 862. The first-order chi connectivity index (χ1) is 9.92. The molecule has 0 aliphatic carbocycles. The topological polar surface area (TPSA) is 72.3 Å². The molecule has 0 saturated heterocycles. The van der Waals surface area contributed by atoms with Crippen LogP contribution in [0.15, 0.2) is 54.9 Å². The number of rotatable bonds is 2. The fourth-order valence-corrected chi connectivity index (χ4v) is 2.18. The Morgan fingerprint density at radius 3 is 2.85 bits per heavy atom. The zero-order chi connectivity index (χ0) is 13.4. The summed E-state index contributed by atoms with van der Waals surface area (Å²) < 4.78 is 1.81. The minimum Gasteiger partial charge on any atom is -0.265 e. The van der Waals surface area contributed by atoms with Crippen molar-refractivity contribution < 1.29 is 0 Å². The van der Waals surface area contributed by atoms with Crippen molar-refractivity contribution in [1.82, 2.24) is 30.2 Å². The number of benzene rings is 2. The standard InChI is InChI=1S/C14H10N6/c1-2-7-13-12(6-1)17-19-20(13)11-5-3-4-10(8-11)14-15-9-16-18-14/h1-9H,(H,15,16,18). The number of hydrogen-bond acceptors (Lipinski definition) is 4. The van der Waals surface area contributed by atoms with Crippen molar-refractivity contribution in [3.8, 4) is 17.1 Å². The number of para-hydroxylation sites is 1. The lowest BCUT2D eigenvalue weighted by Gasteiger charge is -2.03. The van der Waals surface area contributed by atoms with Gasteiger partial charge in [0.1, 0.15) is 11.8 Å². The predicted octanol–water partition coefficient (Wildman–Crippen LogP) is 2.21. The van der Waals surface area contributed by atoms with E-state index in [-0.39, 0.29) is 0 Å². The molecule has 2 aromatic carbocycles. The Hall–Kier alpha value is -3.02. The van der Waals surface area contributed by atoms with Crippen LogP contribution in [-0.2, 0) is 0 Å². The Morgan fingerprint density at radius 2 is 1.95 bits per heavy atom. The Balaban J connectivity index is 1.88. The molecule has 0 saturated carbocycles. The summed E-state index contributed by atoms with van der Waals surface area (Å²) in [4.78, 5) is 4.16. The SMILES string of the molecule is c1cc(-c2nc[nH]n2)cc(-n2nnc3ccccc32)c1. The summed E-state index contributed by atoms with van der Waals surface area (Å²) in [5, 5.41) is 15.2. The molecule has 0 unspecified atom stereocenters. The summed E-state index contributed by atoms with van der Waals surface area (Å²) in [6.07, 6.45) is 1.56. The van der Waals surface area contributed by atoms with Crippen LogP contribution in [0.5, 0.6) is 0 Å². The van der Waals surface area contributed by atoms with E-state index in [1.165, 1.54) is 0 Å². The smallest absolute Gasteiger partial charge is 0.180 e. The summed E-state index contributed by atoms with van der Waals surface area (Å²) in [5.74, 6) is 0.663. The summed E-state index contributed by atoms with van der Waals surface area (Å²) in [7, 11) is 0. The number of H-pyrrole nitrogens is 1. The molecule has 0 amide bonds. The van der Waals surface area contributed by atoms with Crippen LogP contribution < -0.4 is 0 Å². The molecule has 2 heterocycles. The van der Waals surface area contributed by atoms with Gasteiger partial charge < -0.3 is 0 Å². The van der Waals surface area contributed by atoms with Gasteiger partial charge in [-0.2, -0.15) is 5.10 Å². The number of hydrogen-bond donors (Lipinski definition) is 1. The quantitative estimate of drug-likeness (QED) is 0.601. The third kappa shape index (κ3) is 1.66. The molecule has 20 heavy (non-hydrogen) atoms.